The van der Waals surface area contributed by atoms with Crippen molar-refractivity contribution in [2.45, 2.75) is 13.5 Å². The highest BCUT2D eigenvalue weighted by molar-refractivity contribution is 6.30. The third-order valence-corrected chi connectivity index (χ3v) is 6.07. The Bertz CT molecular complexity index is 1430. The molecule has 0 fully saturated rings. The van der Waals surface area contributed by atoms with Crippen LogP contribution in [0.1, 0.15) is 27.0 Å². The number of hydrogen-bond donors (Lipinski definition) is 0. The summed E-state index contributed by atoms with van der Waals surface area (Å²) in [5.41, 5.74) is 4.21. The number of carbonyl (C=O) groups excluding carboxylic acids is 1. The maximum Gasteiger partial charge on any atom is 0.231 e. The van der Waals surface area contributed by atoms with Gasteiger partial charge in [0.25, 0.3) is 0 Å². The van der Waals surface area contributed by atoms with Crippen molar-refractivity contribution < 1.29 is 19.0 Å². The number of rotatable bonds is 5. The van der Waals surface area contributed by atoms with Crippen LogP contribution in [0.2, 0.25) is 5.02 Å². The summed E-state index contributed by atoms with van der Waals surface area (Å²) in [6, 6.07) is 17.0. The van der Waals surface area contributed by atoms with Crippen LogP contribution in [-0.4, -0.2) is 17.5 Å². The van der Waals surface area contributed by atoms with Crippen LogP contribution in [0.5, 0.6) is 17.2 Å². The Morgan fingerprint density at radius 3 is 2.76 bits per heavy atom. The van der Waals surface area contributed by atoms with E-state index >= 15 is 0 Å². The van der Waals surface area contributed by atoms with Gasteiger partial charge in [0.05, 0.1) is 12.7 Å². The minimum absolute atomic E-state index is 0.144. The van der Waals surface area contributed by atoms with Crippen molar-refractivity contribution in [3.8, 4) is 17.2 Å². The molecule has 0 saturated carbocycles. The normalized spacial score (nSPS) is 13.9. The molecule has 0 unspecified atom stereocenters. The van der Waals surface area contributed by atoms with Gasteiger partial charge in [0.2, 0.25) is 5.78 Å². The molecule has 0 bridgehead atoms. The molecule has 6 heteroatoms. The van der Waals surface area contributed by atoms with Crippen LogP contribution in [-0.2, 0) is 13.7 Å². The summed E-state index contributed by atoms with van der Waals surface area (Å²) < 4.78 is 19.4. The monoisotopic (exact) mass is 459 g/mol. The number of halogens is 1. The minimum Gasteiger partial charge on any atom is -0.497 e. The van der Waals surface area contributed by atoms with Gasteiger partial charge in [-0.1, -0.05) is 23.7 Å². The van der Waals surface area contributed by atoms with Crippen LogP contribution in [0.25, 0.3) is 17.0 Å². The van der Waals surface area contributed by atoms with Crippen LogP contribution in [0, 0.1) is 6.92 Å². The number of nitrogens with zero attached hydrogens (tertiary/aromatic N) is 1. The third-order valence-electron chi connectivity index (χ3n) is 5.83. The predicted molar refractivity (Wildman–Crippen MR) is 129 cm³/mol. The van der Waals surface area contributed by atoms with E-state index in [9.17, 15) is 4.79 Å². The van der Waals surface area contributed by atoms with Crippen LogP contribution >= 0.6 is 11.6 Å². The number of benzene rings is 3. The molecule has 5 rings (SSSR count). The van der Waals surface area contributed by atoms with Gasteiger partial charge in [-0.05, 0) is 61.0 Å². The maximum absolute atomic E-state index is 13.1. The van der Waals surface area contributed by atoms with Crippen molar-refractivity contribution in [2.24, 2.45) is 7.05 Å². The van der Waals surface area contributed by atoms with Gasteiger partial charge < -0.3 is 18.8 Å². The Balaban J connectivity index is 1.45. The highest BCUT2D eigenvalue weighted by atomic mass is 35.5. The lowest BCUT2D eigenvalue weighted by Gasteiger charge is -2.11. The molecule has 1 aliphatic rings. The van der Waals surface area contributed by atoms with Gasteiger partial charge in [0.15, 0.2) is 5.76 Å². The number of allylic oxidation sites excluding steroid dienone is 1. The topological polar surface area (TPSA) is 49.7 Å². The van der Waals surface area contributed by atoms with E-state index in [1.807, 2.05) is 73.3 Å². The number of carbonyl (C=O) groups is 1. The fraction of sp³-hybridized carbons (Fsp3) is 0.148. The van der Waals surface area contributed by atoms with E-state index in [0.29, 0.717) is 28.7 Å². The number of Topliss-reactive ketones (excluding diaryl/α,β-unsaturated/α-hetero) is 1. The van der Waals surface area contributed by atoms with Crippen LogP contribution in [0.3, 0.4) is 0 Å². The second-order valence-electron chi connectivity index (χ2n) is 8.00. The van der Waals surface area contributed by atoms with E-state index in [0.717, 1.165) is 33.3 Å². The van der Waals surface area contributed by atoms with Crippen molar-refractivity contribution in [2.75, 3.05) is 7.11 Å². The first-order valence-electron chi connectivity index (χ1n) is 10.5. The summed E-state index contributed by atoms with van der Waals surface area (Å²) >= 11 is 6.06. The predicted octanol–water partition coefficient (Wildman–Crippen LogP) is 6.34. The molecule has 5 nitrogen and oxygen atoms in total. The molecule has 3 aromatic carbocycles. The number of hydrogen-bond acceptors (Lipinski definition) is 4. The van der Waals surface area contributed by atoms with Crippen molar-refractivity contribution in [1.82, 2.24) is 4.57 Å². The van der Waals surface area contributed by atoms with Gasteiger partial charge in [0.1, 0.15) is 23.9 Å². The third kappa shape index (κ3) is 3.85. The zero-order chi connectivity index (χ0) is 23.1. The Labute approximate surface area is 196 Å². The minimum atomic E-state index is -0.144. The average Bonchev–Trinajstić information content (AvgIpc) is 3.30. The SMILES string of the molecule is COc1ccc2c(c1)c(/C=C1/Oc3c(ccc(OCc4cccc(Cl)c4)c3C)C1=O)cn2C. The van der Waals surface area contributed by atoms with Gasteiger partial charge in [-0.2, -0.15) is 0 Å². The first-order chi connectivity index (χ1) is 15.9. The Morgan fingerprint density at radius 2 is 1.97 bits per heavy atom. The highest BCUT2D eigenvalue weighted by Gasteiger charge is 2.30. The molecule has 166 valence electrons. The van der Waals surface area contributed by atoms with Gasteiger partial charge in [0, 0.05) is 40.3 Å². The highest BCUT2D eigenvalue weighted by Crippen LogP contribution is 2.40. The van der Waals surface area contributed by atoms with Gasteiger partial charge in [-0.25, -0.2) is 0 Å². The molecule has 0 N–H and O–H groups in total. The Morgan fingerprint density at radius 1 is 1.12 bits per heavy atom. The number of ketones is 1. The average molecular weight is 460 g/mol. The Hall–Kier alpha value is -3.70. The van der Waals surface area contributed by atoms with E-state index in [1.54, 1.807) is 19.3 Å². The molecule has 0 amide bonds. The molecule has 1 aliphatic heterocycles. The summed E-state index contributed by atoms with van der Waals surface area (Å²) in [6.45, 7) is 2.26. The number of ether oxygens (including phenoxy) is 3. The molecular weight excluding hydrogens is 438 g/mol. The molecule has 4 aromatic rings. The van der Waals surface area contributed by atoms with Crippen molar-refractivity contribution in [1.29, 1.82) is 0 Å². The molecule has 33 heavy (non-hydrogen) atoms. The lowest BCUT2D eigenvalue weighted by atomic mass is 10.1. The van der Waals surface area contributed by atoms with Crippen molar-refractivity contribution in [3.05, 3.63) is 93.8 Å². The van der Waals surface area contributed by atoms with Crippen molar-refractivity contribution >= 4 is 34.4 Å². The van der Waals surface area contributed by atoms with E-state index < -0.39 is 0 Å². The molecule has 0 spiro atoms. The second kappa shape index (κ2) is 8.34. The first kappa shape index (κ1) is 21.2. The molecule has 0 radical (unpaired) electrons. The standard InChI is InChI=1S/C27H22ClNO4/c1-16-24(32-15-17-5-4-6-19(28)11-17)10-8-21-26(30)25(33-27(16)21)12-18-14-29(2)23-9-7-20(31-3)13-22(18)23/h4-14H,15H2,1-3H3/b25-12+. The van der Waals surface area contributed by atoms with E-state index in [4.69, 9.17) is 25.8 Å². The van der Waals surface area contributed by atoms with Crippen LogP contribution in [0.4, 0.5) is 0 Å². The van der Waals surface area contributed by atoms with Crippen molar-refractivity contribution in [3.63, 3.8) is 0 Å². The quantitative estimate of drug-likeness (QED) is 0.326. The number of fused-ring (bicyclic) bond motifs is 2. The zero-order valence-electron chi connectivity index (χ0n) is 18.5. The molecule has 0 aliphatic carbocycles. The summed E-state index contributed by atoms with van der Waals surface area (Å²) in [4.78, 5) is 13.1. The molecule has 2 heterocycles. The summed E-state index contributed by atoms with van der Waals surface area (Å²) in [6.07, 6.45) is 3.76. The lowest BCUT2D eigenvalue weighted by Crippen LogP contribution is -1.98. The first-order valence-corrected chi connectivity index (χ1v) is 10.9. The molecular formula is C27H22ClNO4. The van der Waals surface area contributed by atoms with Gasteiger partial charge in [-0.3, -0.25) is 4.79 Å². The van der Waals surface area contributed by atoms with E-state index in [1.165, 1.54) is 0 Å². The summed E-state index contributed by atoms with van der Waals surface area (Å²) in [5, 5.41) is 1.65. The van der Waals surface area contributed by atoms with Crippen LogP contribution < -0.4 is 14.2 Å². The van der Waals surface area contributed by atoms with Gasteiger partial charge in [-0.15, -0.1) is 0 Å². The summed E-state index contributed by atoms with van der Waals surface area (Å²) in [7, 11) is 3.61. The second-order valence-corrected chi connectivity index (χ2v) is 8.44. The number of methoxy groups -OCH3 is 1. The number of aromatic nitrogens is 1. The molecule has 1 aromatic heterocycles. The Kier molecular flexibility index (Phi) is 5.35. The maximum atomic E-state index is 13.1. The van der Waals surface area contributed by atoms with Crippen LogP contribution in [0.15, 0.2) is 66.6 Å². The smallest absolute Gasteiger partial charge is 0.231 e. The lowest BCUT2D eigenvalue weighted by molar-refractivity contribution is 0.101. The zero-order valence-corrected chi connectivity index (χ0v) is 19.3. The molecule has 0 saturated heterocycles. The van der Waals surface area contributed by atoms with Gasteiger partial charge >= 0.3 is 0 Å². The van der Waals surface area contributed by atoms with E-state index in [2.05, 4.69) is 0 Å². The largest absolute Gasteiger partial charge is 0.497 e. The number of aryl methyl sites for hydroxylation is 1. The summed E-state index contributed by atoms with van der Waals surface area (Å²) in [5.74, 6) is 2.10. The fourth-order valence-electron chi connectivity index (χ4n) is 4.10. The fourth-order valence-corrected chi connectivity index (χ4v) is 4.31. The van der Waals surface area contributed by atoms with E-state index in [-0.39, 0.29) is 11.5 Å². The molecule has 0 atom stereocenters.